The number of hydrogen-bond acceptors (Lipinski definition) is 1. The van der Waals surface area contributed by atoms with Crippen LogP contribution in [0.5, 0.6) is 0 Å². The summed E-state index contributed by atoms with van der Waals surface area (Å²) < 4.78 is 1.11. The second-order valence-corrected chi connectivity index (χ2v) is 5.06. The van der Waals surface area contributed by atoms with E-state index in [0.717, 1.165) is 23.1 Å². The zero-order chi connectivity index (χ0) is 11.7. The van der Waals surface area contributed by atoms with E-state index in [1.165, 1.54) is 16.7 Å². The smallest absolute Gasteiger partial charge is 0.0722 e. The fraction of sp³-hybridized carbons (Fsp3) is 0.133. The summed E-state index contributed by atoms with van der Waals surface area (Å²) >= 11 is 3.54. The molecule has 1 nitrogen and oxygen atoms in total. The highest BCUT2D eigenvalue weighted by molar-refractivity contribution is 9.10. The summed E-state index contributed by atoms with van der Waals surface area (Å²) in [6.07, 6.45) is 1.04. The summed E-state index contributed by atoms with van der Waals surface area (Å²) in [6, 6.07) is 16.9. The SMILES string of the molecule is Brc1ccc2c(c1)C(c1ccccc1)=NCC2. The van der Waals surface area contributed by atoms with Crippen LogP contribution in [-0.4, -0.2) is 12.3 Å². The highest BCUT2D eigenvalue weighted by Crippen LogP contribution is 2.23. The number of nitrogens with zero attached hydrogens (tertiary/aromatic N) is 1. The third-order valence-corrected chi connectivity index (χ3v) is 3.52. The van der Waals surface area contributed by atoms with E-state index < -0.39 is 0 Å². The van der Waals surface area contributed by atoms with Crippen molar-refractivity contribution in [2.45, 2.75) is 6.42 Å². The molecule has 0 unspecified atom stereocenters. The van der Waals surface area contributed by atoms with E-state index in [1.54, 1.807) is 0 Å². The molecule has 3 rings (SSSR count). The second kappa shape index (κ2) is 4.46. The Morgan fingerprint density at radius 1 is 1.00 bits per heavy atom. The lowest BCUT2D eigenvalue weighted by Crippen LogP contribution is -2.13. The standard InChI is InChI=1S/C15H12BrN/c16-13-7-6-11-8-9-17-15(14(11)10-13)12-4-2-1-3-5-12/h1-7,10H,8-9H2. The lowest BCUT2D eigenvalue weighted by atomic mass is 9.93. The van der Waals surface area contributed by atoms with Crippen LogP contribution in [0.15, 0.2) is 58.0 Å². The molecule has 84 valence electrons. The topological polar surface area (TPSA) is 12.4 Å². The third-order valence-electron chi connectivity index (χ3n) is 3.03. The Morgan fingerprint density at radius 3 is 2.65 bits per heavy atom. The van der Waals surface area contributed by atoms with Crippen LogP contribution in [-0.2, 0) is 6.42 Å². The van der Waals surface area contributed by atoms with Crippen LogP contribution in [0.2, 0.25) is 0 Å². The number of benzene rings is 2. The molecule has 0 aromatic heterocycles. The molecule has 2 aromatic rings. The van der Waals surface area contributed by atoms with Crippen molar-refractivity contribution in [1.29, 1.82) is 0 Å². The third kappa shape index (κ3) is 2.05. The van der Waals surface area contributed by atoms with Gasteiger partial charge >= 0.3 is 0 Å². The Labute approximate surface area is 109 Å². The molecule has 0 bridgehead atoms. The minimum atomic E-state index is 0.888. The molecule has 17 heavy (non-hydrogen) atoms. The largest absolute Gasteiger partial charge is 0.284 e. The van der Waals surface area contributed by atoms with Crippen molar-refractivity contribution >= 4 is 21.6 Å². The summed E-state index contributed by atoms with van der Waals surface area (Å²) in [5.41, 5.74) is 4.97. The lowest BCUT2D eigenvalue weighted by molar-refractivity contribution is 0.943. The van der Waals surface area contributed by atoms with Crippen molar-refractivity contribution in [3.63, 3.8) is 0 Å². The Balaban J connectivity index is 2.14. The van der Waals surface area contributed by atoms with Crippen molar-refractivity contribution in [1.82, 2.24) is 0 Å². The normalized spacial score (nSPS) is 14.1. The number of halogens is 1. The molecule has 0 aliphatic carbocycles. The predicted molar refractivity (Wildman–Crippen MR) is 74.8 cm³/mol. The van der Waals surface area contributed by atoms with Gasteiger partial charge in [0, 0.05) is 22.1 Å². The maximum Gasteiger partial charge on any atom is 0.0722 e. The van der Waals surface area contributed by atoms with Gasteiger partial charge in [0.15, 0.2) is 0 Å². The van der Waals surface area contributed by atoms with E-state index in [-0.39, 0.29) is 0 Å². The number of aliphatic imine (C=N–C) groups is 1. The van der Waals surface area contributed by atoms with Crippen LogP contribution in [0.1, 0.15) is 16.7 Å². The lowest BCUT2D eigenvalue weighted by Gasteiger charge is -2.17. The van der Waals surface area contributed by atoms with Crippen LogP contribution in [0.25, 0.3) is 0 Å². The molecule has 0 fully saturated rings. The predicted octanol–water partition coefficient (Wildman–Crippen LogP) is 3.84. The molecule has 0 saturated heterocycles. The van der Waals surface area contributed by atoms with Gasteiger partial charge in [0.2, 0.25) is 0 Å². The first-order valence-electron chi connectivity index (χ1n) is 5.73. The molecule has 2 heteroatoms. The van der Waals surface area contributed by atoms with Crippen LogP contribution in [0, 0.1) is 0 Å². The zero-order valence-electron chi connectivity index (χ0n) is 9.36. The first-order chi connectivity index (χ1) is 8.34. The minimum absolute atomic E-state index is 0.888. The van der Waals surface area contributed by atoms with E-state index in [9.17, 15) is 0 Å². The molecule has 1 heterocycles. The van der Waals surface area contributed by atoms with Gasteiger partial charge in [-0.05, 0) is 24.1 Å². The van der Waals surface area contributed by atoms with Gasteiger partial charge in [-0.1, -0.05) is 52.3 Å². The van der Waals surface area contributed by atoms with Crippen LogP contribution in [0.4, 0.5) is 0 Å². The quantitative estimate of drug-likeness (QED) is 0.755. The fourth-order valence-corrected chi connectivity index (χ4v) is 2.56. The Morgan fingerprint density at radius 2 is 1.82 bits per heavy atom. The monoisotopic (exact) mass is 285 g/mol. The maximum absolute atomic E-state index is 4.68. The van der Waals surface area contributed by atoms with Crippen LogP contribution < -0.4 is 0 Å². The molecule has 0 spiro atoms. The van der Waals surface area contributed by atoms with E-state index >= 15 is 0 Å². The van der Waals surface area contributed by atoms with Gasteiger partial charge in [-0.15, -0.1) is 0 Å². The Hall–Kier alpha value is -1.41. The summed E-state index contributed by atoms with van der Waals surface area (Å²) in [7, 11) is 0. The van der Waals surface area contributed by atoms with Gasteiger partial charge in [-0.25, -0.2) is 0 Å². The molecule has 0 amide bonds. The van der Waals surface area contributed by atoms with Gasteiger partial charge in [-0.2, -0.15) is 0 Å². The Kier molecular flexibility index (Phi) is 2.81. The highest BCUT2D eigenvalue weighted by Gasteiger charge is 2.15. The summed E-state index contributed by atoms with van der Waals surface area (Å²) in [4.78, 5) is 4.68. The average molecular weight is 286 g/mol. The van der Waals surface area contributed by atoms with Crippen molar-refractivity contribution < 1.29 is 0 Å². The molecular weight excluding hydrogens is 274 g/mol. The number of rotatable bonds is 1. The van der Waals surface area contributed by atoms with Crippen molar-refractivity contribution in [3.05, 3.63) is 69.7 Å². The van der Waals surface area contributed by atoms with Crippen LogP contribution >= 0.6 is 15.9 Å². The molecule has 0 atom stereocenters. The molecule has 0 saturated carbocycles. The molecule has 0 radical (unpaired) electrons. The van der Waals surface area contributed by atoms with E-state index in [0.29, 0.717) is 0 Å². The summed E-state index contributed by atoms with van der Waals surface area (Å²) in [5, 5.41) is 0. The van der Waals surface area contributed by atoms with Gasteiger partial charge in [0.05, 0.1) is 5.71 Å². The van der Waals surface area contributed by atoms with Crippen molar-refractivity contribution in [3.8, 4) is 0 Å². The first kappa shape index (κ1) is 10.7. The summed E-state index contributed by atoms with van der Waals surface area (Å²) in [6.45, 7) is 0.888. The molecule has 1 aliphatic heterocycles. The first-order valence-corrected chi connectivity index (χ1v) is 6.52. The van der Waals surface area contributed by atoms with E-state index in [2.05, 4.69) is 63.4 Å². The van der Waals surface area contributed by atoms with Gasteiger partial charge in [0.25, 0.3) is 0 Å². The fourth-order valence-electron chi connectivity index (χ4n) is 2.20. The van der Waals surface area contributed by atoms with Gasteiger partial charge < -0.3 is 0 Å². The van der Waals surface area contributed by atoms with E-state index in [4.69, 9.17) is 0 Å². The van der Waals surface area contributed by atoms with Gasteiger partial charge in [-0.3, -0.25) is 4.99 Å². The highest BCUT2D eigenvalue weighted by atomic mass is 79.9. The summed E-state index contributed by atoms with van der Waals surface area (Å²) in [5.74, 6) is 0. The van der Waals surface area contributed by atoms with E-state index in [1.807, 2.05) is 6.07 Å². The van der Waals surface area contributed by atoms with Crippen molar-refractivity contribution in [2.24, 2.45) is 4.99 Å². The number of hydrogen-bond donors (Lipinski definition) is 0. The minimum Gasteiger partial charge on any atom is -0.284 e. The van der Waals surface area contributed by atoms with Crippen molar-refractivity contribution in [2.75, 3.05) is 6.54 Å². The molecule has 1 aliphatic rings. The molecule has 2 aromatic carbocycles. The maximum atomic E-state index is 4.68. The van der Waals surface area contributed by atoms with Gasteiger partial charge in [0.1, 0.15) is 0 Å². The molecule has 0 N–H and O–H groups in total. The Bertz CT molecular complexity index is 573. The zero-order valence-corrected chi connectivity index (χ0v) is 10.9. The van der Waals surface area contributed by atoms with Crippen LogP contribution in [0.3, 0.4) is 0 Å². The number of fused-ring (bicyclic) bond motifs is 1. The molecular formula is C15H12BrN. The average Bonchev–Trinajstić information content (AvgIpc) is 2.39. The second-order valence-electron chi connectivity index (χ2n) is 4.15.